The fraction of sp³-hybridized carbons (Fsp3) is 0.286. The third-order valence-corrected chi connectivity index (χ3v) is 3.82. The second-order valence-electron chi connectivity index (χ2n) is 5.13. The van der Waals surface area contributed by atoms with E-state index in [-0.39, 0.29) is 18.8 Å². The first kappa shape index (κ1) is 15.1. The topological polar surface area (TPSA) is 90.3 Å². The third kappa shape index (κ3) is 2.54. The van der Waals surface area contributed by atoms with Gasteiger partial charge in [-0.25, -0.2) is 18.4 Å². The molecule has 122 valence electrons. The first-order valence-electron chi connectivity index (χ1n) is 6.70. The Morgan fingerprint density at radius 3 is 2.52 bits per heavy atom. The molecule has 2 heterocycles. The van der Waals surface area contributed by atoms with Gasteiger partial charge in [-0.15, -0.1) is 0 Å². The van der Waals surface area contributed by atoms with Crippen molar-refractivity contribution in [3.05, 3.63) is 41.6 Å². The second-order valence-corrected chi connectivity index (χ2v) is 5.13. The Morgan fingerprint density at radius 1 is 1.17 bits per heavy atom. The Kier molecular flexibility index (Phi) is 3.55. The fourth-order valence-corrected chi connectivity index (χ4v) is 2.84. The molecule has 0 radical (unpaired) electrons. The van der Waals surface area contributed by atoms with Gasteiger partial charge >= 0.3 is 12.2 Å². The molecular formula is C14H12F2N2O5. The molecule has 2 N–H and O–H groups in total. The molecule has 0 saturated carbocycles. The van der Waals surface area contributed by atoms with Crippen LogP contribution in [0, 0.1) is 11.6 Å². The largest absolute Gasteiger partial charge is 0.486 e. The summed E-state index contributed by atoms with van der Waals surface area (Å²) in [5.74, 6) is -2.14. The minimum absolute atomic E-state index is 0.00210. The molecule has 3 rings (SSSR count). The molecular weight excluding hydrogens is 314 g/mol. The van der Waals surface area contributed by atoms with Crippen molar-refractivity contribution in [1.82, 2.24) is 9.80 Å². The van der Waals surface area contributed by atoms with Crippen LogP contribution in [0.5, 0.6) is 5.75 Å². The van der Waals surface area contributed by atoms with Crippen LogP contribution in [-0.2, 0) is 0 Å². The average molecular weight is 326 g/mol. The molecule has 2 aliphatic heterocycles. The van der Waals surface area contributed by atoms with E-state index < -0.39 is 36.0 Å². The highest BCUT2D eigenvalue weighted by atomic mass is 19.2. The number of fused-ring (bicyclic) bond motifs is 1. The zero-order chi connectivity index (χ0) is 16.7. The number of halogens is 2. The molecule has 9 heteroatoms. The number of nitrogens with zero attached hydrogens (tertiary/aromatic N) is 2. The number of rotatable bonds is 2. The molecule has 0 spiro atoms. The molecule has 2 aliphatic rings. The monoisotopic (exact) mass is 326 g/mol. The van der Waals surface area contributed by atoms with Gasteiger partial charge in [-0.2, -0.15) is 0 Å². The van der Waals surface area contributed by atoms with Crippen LogP contribution in [0.4, 0.5) is 18.4 Å². The van der Waals surface area contributed by atoms with Gasteiger partial charge in [-0.05, 0) is 18.2 Å². The van der Waals surface area contributed by atoms with E-state index in [1.807, 2.05) is 0 Å². The summed E-state index contributed by atoms with van der Waals surface area (Å²) in [7, 11) is 0. The molecule has 0 aromatic heterocycles. The number of benzene rings is 1. The summed E-state index contributed by atoms with van der Waals surface area (Å²) in [5, 5.41) is 18.4. The molecule has 0 aliphatic carbocycles. The standard InChI is InChI=1S/C14H12F2N2O5/c15-8-2-1-7(5-9(8)16)23-11-6-18(14(21)22)10-3-4-17(12(10)11)13(19)20/h1-3,5,11-12H,4,6H2,(H,19,20)(H,21,22). The zero-order valence-corrected chi connectivity index (χ0v) is 11.6. The summed E-state index contributed by atoms with van der Waals surface area (Å²) in [4.78, 5) is 24.6. The smallest absolute Gasteiger partial charge is 0.411 e. The van der Waals surface area contributed by atoms with Gasteiger partial charge in [0.25, 0.3) is 0 Å². The van der Waals surface area contributed by atoms with E-state index in [0.717, 1.165) is 21.9 Å². The molecule has 1 fully saturated rings. The molecule has 1 saturated heterocycles. The summed E-state index contributed by atoms with van der Waals surface area (Å²) >= 11 is 0. The van der Waals surface area contributed by atoms with Crippen molar-refractivity contribution in [3.63, 3.8) is 0 Å². The van der Waals surface area contributed by atoms with E-state index in [4.69, 9.17) is 4.74 Å². The summed E-state index contributed by atoms with van der Waals surface area (Å²) in [6, 6.07) is 2.11. The van der Waals surface area contributed by atoms with E-state index in [1.54, 1.807) is 0 Å². The maximum atomic E-state index is 13.3. The third-order valence-electron chi connectivity index (χ3n) is 3.82. The average Bonchev–Trinajstić information content (AvgIpc) is 3.04. The molecule has 0 bridgehead atoms. The van der Waals surface area contributed by atoms with Crippen LogP contribution in [0.15, 0.2) is 30.0 Å². The Morgan fingerprint density at radius 2 is 1.91 bits per heavy atom. The molecule has 2 amide bonds. The van der Waals surface area contributed by atoms with E-state index in [1.165, 1.54) is 12.1 Å². The lowest BCUT2D eigenvalue weighted by molar-refractivity contribution is 0.101. The summed E-state index contributed by atoms with van der Waals surface area (Å²) in [5.41, 5.74) is 0.312. The van der Waals surface area contributed by atoms with Crippen molar-refractivity contribution in [2.75, 3.05) is 13.1 Å². The van der Waals surface area contributed by atoms with Crippen molar-refractivity contribution in [2.45, 2.75) is 12.1 Å². The number of carboxylic acid groups (broad SMARTS) is 2. The van der Waals surface area contributed by atoms with Gasteiger partial charge < -0.3 is 14.9 Å². The highest BCUT2D eigenvalue weighted by Crippen LogP contribution is 2.34. The first-order chi connectivity index (χ1) is 10.9. The maximum absolute atomic E-state index is 13.3. The first-order valence-corrected chi connectivity index (χ1v) is 6.70. The second kappa shape index (κ2) is 5.41. The number of amides is 2. The number of carbonyl (C=O) groups is 2. The van der Waals surface area contributed by atoms with Crippen LogP contribution in [-0.4, -0.2) is 57.4 Å². The molecule has 2 atom stereocenters. The Bertz CT molecular complexity index is 708. The zero-order valence-electron chi connectivity index (χ0n) is 11.6. The Hall–Kier alpha value is -2.84. The quantitative estimate of drug-likeness (QED) is 0.867. The van der Waals surface area contributed by atoms with Gasteiger partial charge in [-0.1, -0.05) is 0 Å². The number of hydrogen-bond acceptors (Lipinski definition) is 3. The van der Waals surface area contributed by atoms with E-state index >= 15 is 0 Å². The normalized spacial score (nSPS) is 22.8. The predicted molar refractivity (Wildman–Crippen MR) is 72.1 cm³/mol. The van der Waals surface area contributed by atoms with Gasteiger partial charge in [0.2, 0.25) is 0 Å². The van der Waals surface area contributed by atoms with Crippen molar-refractivity contribution in [2.24, 2.45) is 0 Å². The number of ether oxygens (including phenoxy) is 1. The van der Waals surface area contributed by atoms with Gasteiger partial charge in [0.05, 0.1) is 6.54 Å². The van der Waals surface area contributed by atoms with Crippen LogP contribution in [0.3, 0.4) is 0 Å². The van der Waals surface area contributed by atoms with E-state index in [0.29, 0.717) is 5.70 Å². The summed E-state index contributed by atoms with van der Waals surface area (Å²) in [6.45, 7) is -0.0641. The van der Waals surface area contributed by atoms with Crippen LogP contribution in [0.25, 0.3) is 0 Å². The Balaban J connectivity index is 1.88. The predicted octanol–water partition coefficient (Wildman–Crippen LogP) is 1.95. The SMILES string of the molecule is O=C(O)N1CC(Oc2ccc(F)c(F)c2)C2C1=CCN2C(=O)O. The van der Waals surface area contributed by atoms with Crippen LogP contribution < -0.4 is 4.74 Å². The van der Waals surface area contributed by atoms with Crippen molar-refractivity contribution in [1.29, 1.82) is 0 Å². The lowest BCUT2D eigenvalue weighted by Gasteiger charge is -2.25. The van der Waals surface area contributed by atoms with Crippen molar-refractivity contribution >= 4 is 12.2 Å². The van der Waals surface area contributed by atoms with Gasteiger partial charge in [-0.3, -0.25) is 9.80 Å². The number of likely N-dealkylation sites (tertiary alicyclic amines) is 1. The van der Waals surface area contributed by atoms with Gasteiger partial charge in [0, 0.05) is 18.3 Å². The summed E-state index contributed by atoms with van der Waals surface area (Å²) in [6.07, 6.45) is -1.79. The Labute approximate surface area is 129 Å². The summed E-state index contributed by atoms with van der Waals surface area (Å²) < 4.78 is 31.7. The highest BCUT2D eigenvalue weighted by molar-refractivity contribution is 5.72. The van der Waals surface area contributed by atoms with E-state index in [9.17, 15) is 28.6 Å². The molecule has 7 nitrogen and oxygen atoms in total. The van der Waals surface area contributed by atoms with Crippen LogP contribution >= 0.6 is 0 Å². The molecule has 23 heavy (non-hydrogen) atoms. The maximum Gasteiger partial charge on any atom is 0.411 e. The van der Waals surface area contributed by atoms with Gasteiger partial charge in [0.15, 0.2) is 11.6 Å². The molecule has 1 aromatic rings. The molecule has 1 aromatic carbocycles. The molecule has 2 unspecified atom stereocenters. The van der Waals surface area contributed by atoms with Gasteiger partial charge in [0.1, 0.15) is 17.9 Å². The number of hydrogen-bond donors (Lipinski definition) is 2. The van der Waals surface area contributed by atoms with Crippen molar-refractivity contribution in [3.8, 4) is 5.75 Å². The van der Waals surface area contributed by atoms with Crippen molar-refractivity contribution < 1.29 is 33.3 Å². The fourth-order valence-electron chi connectivity index (χ4n) is 2.84. The van der Waals surface area contributed by atoms with Crippen LogP contribution in [0.1, 0.15) is 0 Å². The minimum atomic E-state index is -1.23. The van der Waals surface area contributed by atoms with Crippen LogP contribution in [0.2, 0.25) is 0 Å². The lowest BCUT2D eigenvalue weighted by Crippen LogP contribution is -2.44. The minimum Gasteiger partial charge on any atom is -0.486 e. The van der Waals surface area contributed by atoms with E-state index in [2.05, 4.69) is 0 Å². The highest BCUT2D eigenvalue weighted by Gasteiger charge is 2.49. The lowest BCUT2D eigenvalue weighted by atomic mass is 10.2.